The van der Waals surface area contributed by atoms with Crippen molar-refractivity contribution in [2.75, 3.05) is 0 Å². The maximum atomic E-state index is 12.0. The highest BCUT2D eigenvalue weighted by Gasteiger charge is 2.16. The molecule has 0 atom stereocenters. The molecular formula is C15H18N2O2S. The summed E-state index contributed by atoms with van der Waals surface area (Å²) in [5, 5.41) is 3.91. The van der Waals surface area contributed by atoms with Gasteiger partial charge in [0.25, 0.3) is 0 Å². The fraction of sp³-hybridized carbons (Fsp3) is 0.400. The van der Waals surface area contributed by atoms with Crippen LogP contribution in [0.2, 0.25) is 0 Å². The highest BCUT2D eigenvalue weighted by molar-refractivity contribution is 7.99. The Morgan fingerprint density at radius 1 is 1.25 bits per heavy atom. The van der Waals surface area contributed by atoms with Crippen LogP contribution < -0.4 is 0 Å². The molecule has 0 amide bonds. The van der Waals surface area contributed by atoms with E-state index in [-0.39, 0.29) is 17.0 Å². The lowest BCUT2D eigenvalue weighted by Crippen LogP contribution is -2.08. The van der Waals surface area contributed by atoms with Crippen molar-refractivity contribution in [3.8, 4) is 0 Å². The molecule has 2 aromatic rings. The van der Waals surface area contributed by atoms with Crippen LogP contribution in [0.5, 0.6) is 0 Å². The third-order valence-corrected chi connectivity index (χ3v) is 3.82. The van der Waals surface area contributed by atoms with Crippen molar-refractivity contribution in [2.45, 2.75) is 37.7 Å². The molecular weight excluding hydrogens is 272 g/mol. The maximum absolute atomic E-state index is 12.0. The Morgan fingerprint density at radius 2 is 1.95 bits per heavy atom. The third kappa shape index (κ3) is 4.49. The molecule has 0 saturated carbocycles. The molecule has 0 spiro atoms. The predicted octanol–water partition coefficient (Wildman–Crippen LogP) is 3.53. The van der Waals surface area contributed by atoms with Crippen LogP contribution in [0.3, 0.4) is 0 Å². The van der Waals surface area contributed by atoms with Crippen LogP contribution in [0.15, 0.2) is 34.9 Å². The lowest BCUT2D eigenvalue weighted by Gasteiger charge is -2.15. The van der Waals surface area contributed by atoms with Gasteiger partial charge < -0.3 is 4.52 Å². The molecule has 5 heteroatoms. The van der Waals surface area contributed by atoms with Crippen LogP contribution in [-0.4, -0.2) is 20.7 Å². The minimum Gasteiger partial charge on any atom is -0.339 e. The second kappa shape index (κ2) is 6.22. The first-order valence-corrected chi connectivity index (χ1v) is 7.46. The van der Waals surface area contributed by atoms with Gasteiger partial charge in [-0.05, 0) is 0 Å². The average molecular weight is 290 g/mol. The second-order valence-electron chi connectivity index (χ2n) is 5.47. The molecule has 0 radical (unpaired) electrons. The fourth-order valence-corrected chi connectivity index (χ4v) is 2.24. The lowest BCUT2D eigenvalue weighted by molar-refractivity contribution is 0.0983. The second-order valence-corrected chi connectivity index (χ2v) is 7.27. The zero-order valence-electron chi connectivity index (χ0n) is 11.9. The van der Waals surface area contributed by atoms with Crippen molar-refractivity contribution in [3.05, 3.63) is 47.6 Å². The normalized spacial score (nSPS) is 11.6. The summed E-state index contributed by atoms with van der Waals surface area (Å²) in [7, 11) is 0. The number of hydrogen-bond acceptors (Lipinski definition) is 5. The molecule has 0 aliphatic heterocycles. The summed E-state index contributed by atoms with van der Waals surface area (Å²) in [6, 6.07) is 9.13. The summed E-state index contributed by atoms with van der Waals surface area (Å²) < 4.78 is 5.28. The highest BCUT2D eigenvalue weighted by atomic mass is 32.2. The van der Waals surface area contributed by atoms with E-state index >= 15 is 0 Å². The van der Waals surface area contributed by atoms with Gasteiger partial charge in [-0.3, -0.25) is 4.79 Å². The number of hydrogen-bond donors (Lipinski definition) is 0. The largest absolute Gasteiger partial charge is 0.339 e. The number of nitrogens with zero attached hydrogens (tertiary/aromatic N) is 2. The predicted molar refractivity (Wildman–Crippen MR) is 79.8 cm³/mol. The number of Topliss-reactive ketones (excluding diaryl/α,β-unsaturated/α-hetero) is 1. The minimum atomic E-state index is -0.00993. The molecule has 0 unspecified atom stereocenters. The molecule has 2 rings (SSSR count). The Labute approximate surface area is 123 Å². The van der Waals surface area contributed by atoms with E-state index in [9.17, 15) is 4.79 Å². The van der Waals surface area contributed by atoms with Crippen molar-refractivity contribution in [3.63, 3.8) is 0 Å². The van der Waals surface area contributed by atoms with Crippen LogP contribution >= 0.6 is 11.8 Å². The molecule has 0 bridgehead atoms. The van der Waals surface area contributed by atoms with Gasteiger partial charge >= 0.3 is 0 Å². The number of aromatic nitrogens is 2. The van der Waals surface area contributed by atoms with Crippen molar-refractivity contribution in [1.29, 1.82) is 0 Å². The average Bonchev–Trinajstić information content (AvgIpc) is 2.84. The molecule has 1 aromatic heterocycles. The van der Waals surface area contributed by atoms with E-state index in [1.165, 1.54) is 0 Å². The molecule has 0 saturated heterocycles. The topological polar surface area (TPSA) is 56.0 Å². The van der Waals surface area contributed by atoms with E-state index in [4.69, 9.17) is 4.52 Å². The molecule has 1 heterocycles. The van der Waals surface area contributed by atoms with E-state index in [2.05, 4.69) is 30.9 Å². The van der Waals surface area contributed by atoms with Crippen LogP contribution in [-0.2, 0) is 12.2 Å². The molecule has 0 N–H and O–H groups in total. The first-order chi connectivity index (χ1) is 9.44. The summed E-state index contributed by atoms with van der Waals surface area (Å²) in [6.45, 7) is 6.41. The monoisotopic (exact) mass is 290 g/mol. The van der Waals surface area contributed by atoms with Crippen molar-refractivity contribution in [2.24, 2.45) is 0 Å². The van der Waals surface area contributed by atoms with Crippen LogP contribution in [0.4, 0.5) is 0 Å². The highest BCUT2D eigenvalue weighted by Crippen LogP contribution is 2.26. The van der Waals surface area contributed by atoms with Crippen molar-refractivity contribution < 1.29 is 9.32 Å². The number of thioether (sulfide) groups is 1. The van der Waals surface area contributed by atoms with E-state index in [1.54, 1.807) is 23.9 Å². The number of rotatable bonds is 5. The summed E-state index contributed by atoms with van der Waals surface area (Å²) in [5.41, 5.74) is 0.663. The Hall–Kier alpha value is -1.62. The van der Waals surface area contributed by atoms with Crippen LogP contribution in [0.1, 0.15) is 42.8 Å². The van der Waals surface area contributed by atoms with E-state index in [0.29, 0.717) is 23.0 Å². The van der Waals surface area contributed by atoms with Gasteiger partial charge in [0.05, 0.1) is 12.2 Å². The quantitative estimate of drug-likeness (QED) is 0.788. The SMILES string of the molecule is CC(C)(C)SCc1noc(CC(=O)c2ccccc2)n1. The van der Waals surface area contributed by atoms with Gasteiger partial charge in [-0.25, -0.2) is 0 Å². The fourth-order valence-electron chi connectivity index (χ4n) is 1.57. The molecule has 4 nitrogen and oxygen atoms in total. The summed E-state index contributed by atoms with van der Waals surface area (Å²) >= 11 is 1.75. The summed E-state index contributed by atoms with van der Waals surface area (Å²) in [5.74, 6) is 1.69. The third-order valence-electron chi connectivity index (χ3n) is 2.55. The van der Waals surface area contributed by atoms with Crippen molar-refractivity contribution in [1.82, 2.24) is 10.1 Å². The Kier molecular flexibility index (Phi) is 4.60. The molecule has 0 aliphatic rings. The lowest BCUT2D eigenvalue weighted by atomic mass is 10.1. The molecule has 20 heavy (non-hydrogen) atoms. The van der Waals surface area contributed by atoms with Gasteiger partial charge in [-0.2, -0.15) is 4.98 Å². The molecule has 1 aromatic carbocycles. The number of carbonyl (C=O) groups is 1. The van der Waals surface area contributed by atoms with E-state index in [1.807, 2.05) is 18.2 Å². The zero-order valence-corrected chi connectivity index (χ0v) is 12.7. The number of carbonyl (C=O) groups excluding carboxylic acids is 1. The molecule has 0 fully saturated rings. The van der Waals surface area contributed by atoms with E-state index in [0.717, 1.165) is 0 Å². The maximum Gasteiger partial charge on any atom is 0.234 e. The zero-order chi connectivity index (χ0) is 14.6. The minimum absolute atomic E-state index is 0.00993. The van der Waals surface area contributed by atoms with Gasteiger partial charge in [0.15, 0.2) is 11.6 Å². The number of benzene rings is 1. The van der Waals surface area contributed by atoms with Gasteiger partial charge in [0.2, 0.25) is 5.89 Å². The van der Waals surface area contributed by atoms with Crippen LogP contribution in [0.25, 0.3) is 0 Å². The molecule has 106 valence electrons. The Morgan fingerprint density at radius 3 is 2.60 bits per heavy atom. The summed E-state index contributed by atoms with van der Waals surface area (Å²) in [6.07, 6.45) is 0.150. The van der Waals surface area contributed by atoms with Gasteiger partial charge in [0.1, 0.15) is 0 Å². The molecule has 0 aliphatic carbocycles. The standard InChI is InChI=1S/C15H18N2O2S/c1-15(2,3)20-10-13-16-14(19-17-13)9-12(18)11-7-5-4-6-8-11/h4-8H,9-10H2,1-3H3. The van der Waals surface area contributed by atoms with Gasteiger partial charge in [0, 0.05) is 10.3 Å². The first-order valence-electron chi connectivity index (χ1n) is 6.48. The Balaban J connectivity index is 1.95. The number of ketones is 1. The van der Waals surface area contributed by atoms with Gasteiger partial charge in [-0.15, -0.1) is 11.8 Å². The van der Waals surface area contributed by atoms with Crippen molar-refractivity contribution >= 4 is 17.5 Å². The van der Waals surface area contributed by atoms with Crippen LogP contribution in [0, 0.1) is 0 Å². The van der Waals surface area contributed by atoms with E-state index < -0.39 is 0 Å². The first kappa shape index (κ1) is 14.8. The summed E-state index contributed by atoms with van der Waals surface area (Å²) in [4.78, 5) is 16.3. The smallest absolute Gasteiger partial charge is 0.234 e. The Bertz CT molecular complexity index is 573. The van der Waals surface area contributed by atoms with Gasteiger partial charge in [-0.1, -0.05) is 56.3 Å².